The van der Waals surface area contributed by atoms with Gasteiger partial charge in [-0.25, -0.2) is 0 Å². The van der Waals surface area contributed by atoms with Crippen LogP contribution in [0, 0.1) is 0 Å². The number of rotatable bonds is 6. The topological polar surface area (TPSA) is 56.0 Å². The zero-order valence-corrected chi connectivity index (χ0v) is 16.9. The molecule has 5 nitrogen and oxygen atoms in total. The summed E-state index contributed by atoms with van der Waals surface area (Å²) in [4.78, 5) is 24.6. The van der Waals surface area contributed by atoms with Gasteiger partial charge in [0.2, 0.25) is 0 Å². The quantitative estimate of drug-likeness (QED) is 0.338. The number of fused-ring (bicyclic) bond motifs is 2. The molecule has 0 fully saturated rings. The van der Waals surface area contributed by atoms with Crippen LogP contribution in [-0.2, 0) is 13.1 Å². The number of hydrogen-bond acceptors (Lipinski definition) is 3. The fourth-order valence-electron chi connectivity index (χ4n) is 2.82. The molecule has 0 aliphatic rings. The molecule has 1 N–H and O–H groups in total. The number of nitrogens with zero attached hydrogens (tertiary/aromatic N) is 2. The molecule has 0 amide bonds. The molecule has 2 aromatic heterocycles. The molecule has 4 rings (SSSR count). The summed E-state index contributed by atoms with van der Waals surface area (Å²) in [5.74, 6) is 0. The molecule has 25 heavy (non-hydrogen) atoms. The maximum atomic E-state index is 12.3. The molecule has 0 unspecified atom stereocenters. The Morgan fingerprint density at radius 3 is 1.60 bits per heavy atom. The summed E-state index contributed by atoms with van der Waals surface area (Å²) in [6, 6.07) is 15.7. The van der Waals surface area contributed by atoms with E-state index in [1.165, 1.54) is 8.52 Å². The molecule has 0 bridgehead atoms. The van der Waals surface area contributed by atoms with Gasteiger partial charge in [0, 0.05) is 0 Å². The Morgan fingerprint density at radius 1 is 0.720 bits per heavy atom. The van der Waals surface area contributed by atoms with Crippen molar-refractivity contribution in [2.75, 3.05) is 13.1 Å². The average Bonchev–Trinajstić information content (AvgIpc) is 3.13. The normalized spacial score (nSPS) is 11.5. The monoisotopic (exact) mass is 467 g/mol. The van der Waals surface area contributed by atoms with E-state index in [4.69, 9.17) is 0 Å². The molecule has 0 spiro atoms. The summed E-state index contributed by atoms with van der Waals surface area (Å²) in [7, 11) is 0. The van der Waals surface area contributed by atoms with E-state index in [-0.39, 0.29) is 40.6 Å². The molecule has 4 aromatic rings. The van der Waals surface area contributed by atoms with Crippen molar-refractivity contribution >= 4 is 48.8 Å². The second-order valence-corrected chi connectivity index (χ2v) is 10.2. The van der Waals surface area contributed by atoms with Gasteiger partial charge in [-0.1, -0.05) is 0 Å². The predicted octanol–water partition coefficient (Wildman–Crippen LogP) is 0.720. The molecule has 0 saturated carbocycles. The van der Waals surface area contributed by atoms with E-state index >= 15 is 0 Å². The van der Waals surface area contributed by atoms with Crippen LogP contribution in [-0.4, -0.2) is 49.7 Å². The Kier molecular flexibility index (Phi) is 4.93. The number of aromatic nitrogens is 2. The number of hydrogen-bond donors (Lipinski definition) is 1. The van der Waals surface area contributed by atoms with Crippen molar-refractivity contribution < 1.29 is 0 Å². The summed E-state index contributed by atoms with van der Waals surface area (Å²) in [6.45, 7) is 2.94. The average molecular weight is 465 g/mol. The van der Waals surface area contributed by atoms with Gasteiger partial charge in [-0.15, -0.1) is 0 Å². The summed E-state index contributed by atoms with van der Waals surface area (Å²) in [5, 5.41) is 5.07. The van der Waals surface area contributed by atoms with Gasteiger partial charge in [-0.05, 0) is 0 Å². The fraction of sp³-hybridized carbons (Fsp3) is 0.222. The van der Waals surface area contributed by atoms with Gasteiger partial charge in [0.1, 0.15) is 0 Å². The summed E-state index contributed by atoms with van der Waals surface area (Å²) < 4.78 is 6.21. The zero-order chi connectivity index (χ0) is 17.2. The van der Waals surface area contributed by atoms with Crippen molar-refractivity contribution in [3.05, 3.63) is 69.2 Å². The Labute approximate surface area is 156 Å². The molecule has 2 aromatic carbocycles. The Morgan fingerprint density at radius 2 is 1.16 bits per heavy atom. The Bertz CT molecular complexity index is 1050. The maximum absolute atomic E-state index is 12.3. The van der Waals surface area contributed by atoms with E-state index in [0.29, 0.717) is 13.1 Å². The predicted molar refractivity (Wildman–Crippen MR) is 103 cm³/mol. The van der Waals surface area contributed by atoms with Crippen molar-refractivity contribution in [3.8, 4) is 0 Å². The Hall–Kier alpha value is -1.62. The van der Waals surface area contributed by atoms with E-state index < -0.39 is 0 Å². The summed E-state index contributed by atoms with van der Waals surface area (Å²) in [6.07, 6.45) is 0. The Balaban J connectivity index is 1.35. The molecule has 0 saturated heterocycles. The number of benzene rings is 2. The summed E-state index contributed by atoms with van der Waals surface area (Å²) >= 11 is 0.177. The zero-order valence-electron chi connectivity index (χ0n) is 13.5. The van der Waals surface area contributed by atoms with Crippen molar-refractivity contribution in [3.63, 3.8) is 0 Å². The molecule has 128 valence electrons. The van der Waals surface area contributed by atoms with Gasteiger partial charge in [-0.2, -0.15) is 0 Å². The van der Waals surface area contributed by atoms with Gasteiger partial charge in [-0.3, -0.25) is 0 Å². The van der Waals surface area contributed by atoms with E-state index in [9.17, 15) is 9.59 Å². The standard InChI is InChI=1S/C18H17N3O2Se2/c22-17-13-5-1-3-7-15(13)24-20(17)11-9-19-10-12-21-18(23)14-6-2-4-8-16(14)25-21/h1-8,19H,9-12H2. The van der Waals surface area contributed by atoms with Crippen LogP contribution in [0.3, 0.4) is 0 Å². The fourth-order valence-corrected chi connectivity index (χ4v) is 6.99. The SMILES string of the molecule is O=c1c2ccccc2[se]n1CCNCCn1[se]c2ccccc2c1=O. The molecular weight excluding hydrogens is 448 g/mol. The van der Waals surface area contributed by atoms with Gasteiger partial charge < -0.3 is 0 Å². The van der Waals surface area contributed by atoms with E-state index in [1.54, 1.807) is 0 Å². The summed E-state index contributed by atoms with van der Waals surface area (Å²) in [5.41, 5.74) is 0.289. The van der Waals surface area contributed by atoms with Crippen molar-refractivity contribution in [1.29, 1.82) is 0 Å². The first-order valence-corrected chi connectivity index (χ1v) is 11.4. The third kappa shape index (κ3) is 3.39. The van der Waals surface area contributed by atoms with E-state index in [0.717, 1.165) is 23.9 Å². The molecular formula is C18H17N3O2Se2. The second kappa shape index (κ2) is 7.32. The van der Waals surface area contributed by atoms with Crippen LogP contribution >= 0.6 is 0 Å². The van der Waals surface area contributed by atoms with Crippen LogP contribution < -0.4 is 16.4 Å². The second-order valence-electron chi connectivity index (χ2n) is 5.74. The van der Waals surface area contributed by atoms with Crippen LogP contribution in [0.4, 0.5) is 0 Å². The minimum absolute atomic E-state index is 0.0883. The van der Waals surface area contributed by atoms with Crippen LogP contribution in [0.15, 0.2) is 58.1 Å². The van der Waals surface area contributed by atoms with Crippen LogP contribution in [0.2, 0.25) is 0 Å². The molecule has 0 atom stereocenters. The molecule has 0 aliphatic carbocycles. The van der Waals surface area contributed by atoms with Crippen molar-refractivity contribution in [2.24, 2.45) is 0 Å². The van der Waals surface area contributed by atoms with Crippen LogP contribution in [0.1, 0.15) is 0 Å². The van der Waals surface area contributed by atoms with Crippen LogP contribution in [0.5, 0.6) is 0 Å². The van der Waals surface area contributed by atoms with Crippen molar-refractivity contribution in [2.45, 2.75) is 13.1 Å². The molecule has 2 heterocycles. The molecule has 7 heteroatoms. The van der Waals surface area contributed by atoms with E-state index in [1.807, 2.05) is 55.7 Å². The minimum atomic E-state index is 0.0883. The first-order valence-electron chi connectivity index (χ1n) is 8.12. The van der Waals surface area contributed by atoms with E-state index in [2.05, 4.69) is 5.32 Å². The molecule has 0 radical (unpaired) electrons. The van der Waals surface area contributed by atoms with Crippen LogP contribution in [0.25, 0.3) is 19.3 Å². The third-order valence-corrected chi connectivity index (χ3v) is 8.79. The van der Waals surface area contributed by atoms with Crippen molar-refractivity contribution in [1.82, 2.24) is 12.4 Å². The van der Waals surface area contributed by atoms with Gasteiger partial charge in [0.25, 0.3) is 0 Å². The molecule has 0 aliphatic heterocycles. The first-order chi connectivity index (χ1) is 12.2. The van der Waals surface area contributed by atoms with Gasteiger partial charge in [0.15, 0.2) is 0 Å². The number of nitrogens with one attached hydrogen (secondary N) is 1. The third-order valence-electron chi connectivity index (χ3n) is 4.09. The van der Waals surface area contributed by atoms with Gasteiger partial charge >= 0.3 is 157 Å². The first kappa shape index (κ1) is 16.8. The van der Waals surface area contributed by atoms with Gasteiger partial charge in [0.05, 0.1) is 0 Å².